The van der Waals surface area contributed by atoms with E-state index in [1.165, 1.54) is 4.68 Å². The summed E-state index contributed by atoms with van der Waals surface area (Å²) in [5.41, 5.74) is 1.18. The molecule has 2 N–H and O–H groups in total. The van der Waals surface area contributed by atoms with Crippen LogP contribution in [-0.2, 0) is 9.59 Å². The number of carbonyl (C=O) groups is 2. The van der Waals surface area contributed by atoms with E-state index >= 15 is 0 Å². The standard InChI is InChI=1S/C18H15F3N6O2S/c1-10-4-2-3-5-13(10)27-18(24-25-26-27)30-9-15(29)22-8-14(28)23-12-7-6-11(19)16(20)17(12)21/h2-7H,8-9H2,1H3,(H,22,29)(H,23,28). The number of carbonyl (C=O) groups excluding carboxylic acids is 2. The number of anilines is 1. The van der Waals surface area contributed by atoms with Crippen LogP contribution < -0.4 is 10.6 Å². The van der Waals surface area contributed by atoms with Gasteiger partial charge in [0.1, 0.15) is 0 Å². The summed E-state index contributed by atoms with van der Waals surface area (Å²) in [6.07, 6.45) is 0. The van der Waals surface area contributed by atoms with E-state index < -0.39 is 41.5 Å². The second-order valence-corrected chi connectivity index (χ2v) is 6.94. The average Bonchev–Trinajstić information content (AvgIpc) is 3.20. The summed E-state index contributed by atoms with van der Waals surface area (Å²) in [5.74, 6) is -5.97. The monoisotopic (exact) mass is 436 g/mol. The van der Waals surface area contributed by atoms with Crippen LogP contribution in [-0.4, -0.2) is 44.3 Å². The number of tetrazole rings is 1. The van der Waals surface area contributed by atoms with Crippen molar-refractivity contribution in [2.75, 3.05) is 17.6 Å². The molecular formula is C18H15F3N6O2S. The number of halogens is 3. The molecule has 0 aliphatic rings. The lowest BCUT2D eigenvalue weighted by Gasteiger charge is -2.09. The number of aromatic nitrogens is 4. The highest BCUT2D eigenvalue weighted by molar-refractivity contribution is 7.99. The van der Waals surface area contributed by atoms with Crippen molar-refractivity contribution in [3.8, 4) is 5.69 Å². The van der Waals surface area contributed by atoms with E-state index in [9.17, 15) is 22.8 Å². The van der Waals surface area contributed by atoms with E-state index in [-0.39, 0.29) is 5.75 Å². The molecule has 156 valence electrons. The van der Waals surface area contributed by atoms with Crippen LogP contribution in [0.15, 0.2) is 41.6 Å². The average molecular weight is 436 g/mol. The molecule has 2 amide bonds. The van der Waals surface area contributed by atoms with E-state index in [4.69, 9.17) is 0 Å². The van der Waals surface area contributed by atoms with Crippen molar-refractivity contribution < 1.29 is 22.8 Å². The van der Waals surface area contributed by atoms with Gasteiger partial charge in [-0.25, -0.2) is 13.2 Å². The van der Waals surface area contributed by atoms with Gasteiger partial charge < -0.3 is 10.6 Å². The molecule has 0 aliphatic heterocycles. The Morgan fingerprint density at radius 1 is 1.07 bits per heavy atom. The lowest BCUT2D eigenvalue weighted by Crippen LogP contribution is -2.34. The minimum Gasteiger partial charge on any atom is -0.346 e. The van der Waals surface area contributed by atoms with Gasteiger partial charge in [-0.3, -0.25) is 9.59 Å². The predicted octanol–water partition coefficient (Wildman–Crippen LogP) is 2.24. The summed E-state index contributed by atoms with van der Waals surface area (Å²) in [5, 5.41) is 16.2. The van der Waals surface area contributed by atoms with Gasteiger partial charge in [0.25, 0.3) is 0 Å². The van der Waals surface area contributed by atoms with Crippen molar-refractivity contribution in [2.24, 2.45) is 0 Å². The summed E-state index contributed by atoms with van der Waals surface area (Å²) in [7, 11) is 0. The van der Waals surface area contributed by atoms with Gasteiger partial charge in [-0.2, -0.15) is 4.68 Å². The van der Waals surface area contributed by atoms with Gasteiger partial charge in [0.2, 0.25) is 17.0 Å². The lowest BCUT2D eigenvalue weighted by molar-refractivity contribution is -0.122. The number of rotatable bonds is 7. The first-order valence-electron chi connectivity index (χ1n) is 8.54. The molecule has 0 atom stereocenters. The Hall–Kier alpha value is -3.41. The predicted molar refractivity (Wildman–Crippen MR) is 103 cm³/mol. The van der Waals surface area contributed by atoms with Crippen molar-refractivity contribution in [2.45, 2.75) is 12.1 Å². The minimum absolute atomic E-state index is 0.0843. The van der Waals surface area contributed by atoms with Gasteiger partial charge in [-0.15, -0.1) is 5.10 Å². The summed E-state index contributed by atoms with van der Waals surface area (Å²) in [6.45, 7) is 1.41. The number of nitrogens with zero attached hydrogens (tertiary/aromatic N) is 4. The number of hydrogen-bond donors (Lipinski definition) is 2. The highest BCUT2D eigenvalue weighted by Gasteiger charge is 2.16. The van der Waals surface area contributed by atoms with Crippen molar-refractivity contribution in [1.82, 2.24) is 25.5 Å². The normalized spacial score (nSPS) is 10.7. The van der Waals surface area contributed by atoms with Crippen molar-refractivity contribution in [3.63, 3.8) is 0 Å². The van der Waals surface area contributed by atoms with Crippen LogP contribution in [0.2, 0.25) is 0 Å². The molecule has 8 nitrogen and oxygen atoms in total. The largest absolute Gasteiger partial charge is 0.346 e. The van der Waals surface area contributed by atoms with Gasteiger partial charge in [-0.1, -0.05) is 30.0 Å². The number of aryl methyl sites for hydroxylation is 1. The molecule has 0 spiro atoms. The quantitative estimate of drug-likeness (QED) is 0.435. The third-order valence-corrected chi connectivity index (χ3v) is 4.79. The number of nitrogens with one attached hydrogen (secondary N) is 2. The number of thioether (sulfide) groups is 1. The SMILES string of the molecule is Cc1ccccc1-n1nnnc1SCC(=O)NCC(=O)Nc1ccc(F)c(F)c1F. The van der Waals surface area contributed by atoms with Crippen LogP contribution in [0.1, 0.15) is 5.56 Å². The Kier molecular flexibility index (Phi) is 6.67. The molecule has 0 fully saturated rings. The minimum atomic E-state index is -1.69. The first-order chi connectivity index (χ1) is 14.4. The molecule has 0 saturated carbocycles. The Labute approximate surface area is 172 Å². The molecule has 0 saturated heterocycles. The Bertz CT molecular complexity index is 1090. The zero-order valence-electron chi connectivity index (χ0n) is 15.5. The second kappa shape index (κ2) is 9.39. The second-order valence-electron chi connectivity index (χ2n) is 6.00. The van der Waals surface area contributed by atoms with Gasteiger partial charge in [0.05, 0.1) is 23.7 Å². The molecule has 1 aromatic heterocycles. The smallest absolute Gasteiger partial charge is 0.243 e. The van der Waals surface area contributed by atoms with E-state index in [0.717, 1.165) is 29.1 Å². The van der Waals surface area contributed by atoms with Crippen LogP contribution in [0, 0.1) is 24.4 Å². The molecule has 12 heteroatoms. The topological polar surface area (TPSA) is 102 Å². The van der Waals surface area contributed by atoms with Gasteiger partial charge in [0, 0.05) is 0 Å². The molecular weight excluding hydrogens is 421 g/mol. The number of hydrogen-bond acceptors (Lipinski definition) is 6. The number of benzene rings is 2. The molecule has 30 heavy (non-hydrogen) atoms. The maximum Gasteiger partial charge on any atom is 0.243 e. The highest BCUT2D eigenvalue weighted by Crippen LogP contribution is 2.21. The summed E-state index contributed by atoms with van der Waals surface area (Å²) in [4.78, 5) is 23.8. The maximum absolute atomic E-state index is 13.6. The lowest BCUT2D eigenvalue weighted by atomic mass is 10.2. The number of para-hydroxylation sites is 1. The fourth-order valence-corrected chi connectivity index (χ4v) is 3.11. The number of amides is 2. The van der Waals surface area contributed by atoms with Crippen molar-refractivity contribution in [3.05, 3.63) is 59.4 Å². The summed E-state index contributed by atoms with van der Waals surface area (Å²) >= 11 is 1.06. The highest BCUT2D eigenvalue weighted by atomic mass is 32.2. The first-order valence-corrected chi connectivity index (χ1v) is 9.52. The Balaban J connectivity index is 1.52. The van der Waals surface area contributed by atoms with E-state index in [1.807, 2.05) is 31.2 Å². The molecule has 3 rings (SSSR count). The van der Waals surface area contributed by atoms with Crippen LogP contribution >= 0.6 is 11.8 Å². The molecule has 3 aromatic rings. The van der Waals surface area contributed by atoms with E-state index in [1.54, 1.807) is 0 Å². The molecule has 0 radical (unpaired) electrons. The third-order valence-electron chi connectivity index (χ3n) is 3.87. The zero-order valence-corrected chi connectivity index (χ0v) is 16.3. The Morgan fingerprint density at radius 3 is 2.60 bits per heavy atom. The van der Waals surface area contributed by atoms with Crippen LogP contribution in [0.3, 0.4) is 0 Å². The van der Waals surface area contributed by atoms with E-state index in [2.05, 4.69) is 26.2 Å². The Morgan fingerprint density at radius 2 is 1.83 bits per heavy atom. The van der Waals surface area contributed by atoms with Crippen LogP contribution in [0.25, 0.3) is 5.69 Å². The first kappa shape index (κ1) is 21.3. The molecule has 0 unspecified atom stereocenters. The fourth-order valence-electron chi connectivity index (χ4n) is 2.40. The molecule has 1 heterocycles. The van der Waals surface area contributed by atoms with E-state index in [0.29, 0.717) is 11.2 Å². The fraction of sp³-hybridized carbons (Fsp3) is 0.167. The van der Waals surface area contributed by atoms with Gasteiger partial charge in [-0.05, 0) is 41.1 Å². The molecule has 0 bridgehead atoms. The molecule has 0 aliphatic carbocycles. The van der Waals surface area contributed by atoms with Crippen LogP contribution in [0.5, 0.6) is 0 Å². The maximum atomic E-state index is 13.6. The summed E-state index contributed by atoms with van der Waals surface area (Å²) in [6, 6.07) is 9.00. The van der Waals surface area contributed by atoms with Crippen molar-refractivity contribution in [1.29, 1.82) is 0 Å². The van der Waals surface area contributed by atoms with Crippen molar-refractivity contribution >= 4 is 29.3 Å². The van der Waals surface area contributed by atoms with Gasteiger partial charge in [0.15, 0.2) is 17.5 Å². The van der Waals surface area contributed by atoms with Crippen LogP contribution in [0.4, 0.5) is 18.9 Å². The third kappa shape index (κ3) is 4.95. The summed E-state index contributed by atoms with van der Waals surface area (Å²) < 4.78 is 41.1. The zero-order chi connectivity index (χ0) is 21.7. The molecule has 2 aromatic carbocycles. The van der Waals surface area contributed by atoms with Gasteiger partial charge >= 0.3 is 0 Å².